The van der Waals surface area contributed by atoms with Crippen molar-refractivity contribution in [2.24, 2.45) is 5.92 Å². The van der Waals surface area contributed by atoms with Gasteiger partial charge in [-0.2, -0.15) is 5.06 Å². The zero-order valence-corrected chi connectivity index (χ0v) is 7.50. The highest BCUT2D eigenvalue weighted by Crippen LogP contribution is 2.32. The fourth-order valence-electron chi connectivity index (χ4n) is 1.73. The molecule has 1 saturated heterocycles. The summed E-state index contributed by atoms with van der Waals surface area (Å²) in [7, 11) is 0. The van der Waals surface area contributed by atoms with Gasteiger partial charge in [0.15, 0.2) is 0 Å². The van der Waals surface area contributed by atoms with E-state index >= 15 is 0 Å². The van der Waals surface area contributed by atoms with Crippen molar-refractivity contribution in [1.29, 1.82) is 0 Å². The molecule has 0 aromatic carbocycles. The Morgan fingerprint density at radius 1 is 1.64 bits per heavy atom. The SMILES string of the molecule is CCC1(C(C)C)OCCN1O. The molecule has 11 heavy (non-hydrogen) atoms. The first kappa shape index (κ1) is 8.97. The van der Waals surface area contributed by atoms with Crippen molar-refractivity contribution >= 4 is 0 Å². The van der Waals surface area contributed by atoms with E-state index in [9.17, 15) is 5.21 Å². The van der Waals surface area contributed by atoms with E-state index < -0.39 is 5.72 Å². The number of hydroxylamine groups is 2. The van der Waals surface area contributed by atoms with E-state index in [0.29, 0.717) is 19.1 Å². The van der Waals surface area contributed by atoms with E-state index in [4.69, 9.17) is 4.74 Å². The number of nitrogens with zero attached hydrogens (tertiary/aromatic N) is 1. The molecule has 0 saturated carbocycles. The van der Waals surface area contributed by atoms with Crippen molar-refractivity contribution in [3.63, 3.8) is 0 Å². The molecule has 1 fully saturated rings. The molecular weight excluding hydrogens is 142 g/mol. The maximum absolute atomic E-state index is 9.52. The largest absolute Gasteiger partial charge is 0.357 e. The molecule has 0 radical (unpaired) electrons. The highest BCUT2D eigenvalue weighted by molar-refractivity contribution is 4.83. The summed E-state index contributed by atoms with van der Waals surface area (Å²) in [4.78, 5) is 0. The smallest absolute Gasteiger partial charge is 0.145 e. The molecular formula is C8H17NO2. The van der Waals surface area contributed by atoms with Gasteiger partial charge in [0.25, 0.3) is 0 Å². The van der Waals surface area contributed by atoms with Gasteiger partial charge in [0.2, 0.25) is 0 Å². The molecule has 1 aliphatic rings. The lowest BCUT2D eigenvalue weighted by Crippen LogP contribution is -2.46. The minimum atomic E-state index is -0.417. The summed E-state index contributed by atoms with van der Waals surface area (Å²) in [6.45, 7) is 7.44. The van der Waals surface area contributed by atoms with Gasteiger partial charge in [0.1, 0.15) is 5.72 Å². The van der Waals surface area contributed by atoms with Gasteiger partial charge in [-0.25, -0.2) is 0 Å². The lowest BCUT2D eigenvalue weighted by atomic mass is 9.97. The molecule has 0 aromatic heterocycles. The number of hydrogen-bond donors (Lipinski definition) is 1. The lowest BCUT2D eigenvalue weighted by Gasteiger charge is -2.35. The third-order valence-corrected chi connectivity index (χ3v) is 2.50. The molecule has 1 atom stereocenters. The van der Waals surface area contributed by atoms with Gasteiger partial charge in [-0.1, -0.05) is 20.8 Å². The minimum Gasteiger partial charge on any atom is -0.357 e. The molecule has 3 nitrogen and oxygen atoms in total. The monoisotopic (exact) mass is 159 g/mol. The van der Waals surface area contributed by atoms with E-state index in [2.05, 4.69) is 13.8 Å². The molecule has 3 heteroatoms. The zero-order valence-electron chi connectivity index (χ0n) is 7.50. The van der Waals surface area contributed by atoms with Crippen molar-refractivity contribution < 1.29 is 9.94 Å². The van der Waals surface area contributed by atoms with Crippen LogP contribution in [-0.2, 0) is 4.74 Å². The molecule has 0 aromatic rings. The topological polar surface area (TPSA) is 32.7 Å². The van der Waals surface area contributed by atoms with E-state index in [1.54, 1.807) is 0 Å². The third-order valence-electron chi connectivity index (χ3n) is 2.50. The second-order valence-electron chi connectivity index (χ2n) is 3.32. The first-order chi connectivity index (χ1) is 5.13. The standard InChI is InChI=1S/C8H17NO2/c1-4-8(7(2)3)9(10)5-6-11-8/h7,10H,4-6H2,1-3H3. The molecule has 0 spiro atoms. The van der Waals surface area contributed by atoms with E-state index in [1.165, 1.54) is 5.06 Å². The van der Waals surface area contributed by atoms with Crippen LogP contribution < -0.4 is 0 Å². The van der Waals surface area contributed by atoms with Gasteiger partial charge in [-0.05, 0) is 12.3 Å². The van der Waals surface area contributed by atoms with Crippen LogP contribution in [0.2, 0.25) is 0 Å². The van der Waals surface area contributed by atoms with Crippen molar-refractivity contribution in [3.8, 4) is 0 Å². The summed E-state index contributed by atoms with van der Waals surface area (Å²) in [5.74, 6) is 0.333. The van der Waals surface area contributed by atoms with Crippen LogP contribution in [0.3, 0.4) is 0 Å². The number of ether oxygens (including phenoxy) is 1. The average Bonchev–Trinajstić information content (AvgIpc) is 2.32. The molecule has 66 valence electrons. The maximum Gasteiger partial charge on any atom is 0.145 e. The summed E-state index contributed by atoms with van der Waals surface area (Å²) < 4.78 is 5.54. The van der Waals surface area contributed by atoms with E-state index in [-0.39, 0.29) is 0 Å². The Morgan fingerprint density at radius 3 is 2.45 bits per heavy atom. The summed E-state index contributed by atoms with van der Waals surface area (Å²) in [5, 5.41) is 10.8. The van der Waals surface area contributed by atoms with Crippen LogP contribution in [-0.4, -0.2) is 29.1 Å². The molecule has 1 N–H and O–H groups in total. The maximum atomic E-state index is 9.52. The van der Waals surface area contributed by atoms with Crippen LogP contribution >= 0.6 is 0 Å². The molecule has 1 unspecified atom stereocenters. The highest BCUT2D eigenvalue weighted by Gasteiger charge is 2.42. The van der Waals surface area contributed by atoms with Crippen LogP contribution in [0.25, 0.3) is 0 Å². The van der Waals surface area contributed by atoms with E-state index in [0.717, 1.165) is 6.42 Å². The predicted octanol–water partition coefficient (Wildman–Crippen LogP) is 1.47. The first-order valence-electron chi connectivity index (χ1n) is 4.24. The summed E-state index contributed by atoms with van der Waals surface area (Å²) in [6.07, 6.45) is 0.834. The molecule has 0 amide bonds. The van der Waals surface area contributed by atoms with Gasteiger partial charge in [0.05, 0.1) is 13.2 Å². The first-order valence-corrected chi connectivity index (χ1v) is 4.24. The van der Waals surface area contributed by atoms with Crippen molar-refractivity contribution in [2.75, 3.05) is 13.2 Å². The minimum absolute atomic E-state index is 0.333. The van der Waals surface area contributed by atoms with E-state index in [1.807, 2.05) is 6.92 Å². The quantitative estimate of drug-likeness (QED) is 0.662. The fraction of sp³-hybridized carbons (Fsp3) is 1.00. The second-order valence-corrected chi connectivity index (χ2v) is 3.32. The van der Waals surface area contributed by atoms with Gasteiger partial charge in [-0.15, -0.1) is 0 Å². The molecule has 1 rings (SSSR count). The van der Waals surface area contributed by atoms with Crippen molar-refractivity contribution in [1.82, 2.24) is 5.06 Å². The lowest BCUT2D eigenvalue weighted by molar-refractivity contribution is -0.244. The Bertz CT molecular complexity index is 138. The fourth-order valence-corrected chi connectivity index (χ4v) is 1.73. The molecule has 0 aliphatic carbocycles. The van der Waals surface area contributed by atoms with Gasteiger partial charge in [-0.3, -0.25) is 0 Å². The van der Waals surface area contributed by atoms with Gasteiger partial charge in [0, 0.05) is 0 Å². The highest BCUT2D eigenvalue weighted by atomic mass is 16.6. The Kier molecular flexibility index (Phi) is 2.52. The van der Waals surface area contributed by atoms with Crippen LogP contribution in [0.1, 0.15) is 27.2 Å². The average molecular weight is 159 g/mol. The van der Waals surface area contributed by atoms with Crippen molar-refractivity contribution in [3.05, 3.63) is 0 Å². The molecule has 1 aliphatic heterocycles. The van der Waals surface area contributed by atoms with Gasteiger partial charge >= 0.3 is 0 Å². The zero-order chi connectivity index (χ0) is 8.48. The van der Waals surface area contributed by atoms with Crippen LogP contribution in [0, 0.1) is 5.92 Å². The third kappa shape index (κ3) is 1.28. The molecule has 0 bridgehead atoms. The predicted molar refractivity (Wildman–Crippen MR) is 42.3 cm³/mol. The summed E-state index contributed by atoms with van der Waals surface area (Å²) >= 11 is 0. The Morgan fingerprint density at radius 2 is 2.27 bits per heavy atom. The Hall–Kier alpha value is -0.120. The van der Waals surface area contributed by atoms with Gasteiger partial charge < -0.3 is 9.94 Å². The number of hydrogen-bond acceptors (Lipinski definition) is 3. The normalized spacial score (nSPS) is 33.5. The van der Waals surface area contributed by atoms with Crippen LogP contribution in [0.4, 0.5) is 0 Å². The van der Waals surface area contributed by atoms with Crippen LogP contribution in [0.15, 0.2) is 0 Å². The van der Waals surface area contributed by atoms with Crippen molar-refractivity contribution in [2.45, 2.75) is 32.9 Å². The second kappa shape index (κ2) is 3.09. The summed E-state index contributed by atoms with van der Waals surface area (Å²) in [6, 6.07) is 0. The summed E-state index contributed by atoms with van der Waals surface area (Å²) in [5.41, 5.74) is -0.417. The Balaban J connectivity index is 2.73. The van der Waals surface area contributed by atoms with Crippen LogP contribution in [0.5, 0.6) is 0 Å². The Labute approximate surface area is 67.9 Å². The number of rotatable bonds is 2. The molecule has 1 heterocycles.